The fourth-order valence-corrected chi connectivity index (χ4v) is 3.05. The maximum atomic E-state index is 13.7. The van der Waals surface area contributed by atoms with E-state index in [4.69, 9.17) is 4.74 Å². The van der Waals surface area contributed by atoms with E-state index in [1.54, 1.807) is 12.1 Å². The van der Waals surface area contributed by atoms with Crippen LogP contribution in [0.15, 0.2) is 53.5 Å². The van der Waals surface area contributed by atoms with Gasteiger partial charge in [-0.25, -0.2) is 4.39 Å². The predicted molar refractivity (Wildman–Crippen MR) is 136 cm³/mol. The first kappa shape index (κ1) is 25.9. The molecule has 174 valence electrons. The molecule has 8 heteroatoms. The average molecular weight is 554 g/mol. The van der Waals surface area contributed by atoms with Gasteiger partial charge in [0.15, 0.2) is 12.6 Å². The molecule has 0 aliphatic heterocycles. The van der Waals surface area contributed by atoms with Crippen LogP contribution in [0.5, 0.6) is 5.75 Å². The van der Waals surface area contributed by atoms with Crippen LogP contribution < -0.4 is 20.7 Å². The van der Waals surface area contributed by atoms with Gasteiger partial charge in [0, 0.05) is 25.7 Å². The van der Waals surface area contributed by atoms with Gasteiger partial charge >= 0.3 is 0 Å². The summed E-state index contributed by atoms with van der Waals surface area (Å²) in [6.07, 6.45) is 3.52. The molecule has 3 rings (SSSR count). The highest BCUT2D eigenvalue weighted by molar-refractivity contribution is 14.0. The summed E-state index contributed by atoms with van der Waals surface area (Å²) in [4.78, 5) is 16.2. The van der Waals surface area contributed by atoms with E-state index in [0.29, 0.717) is 30.3 Å². The highest BCUT2D eigenvalue weighted by atomic mass is 127. The van der Waals surface area contributed by atoms with Crippen LogP contribution in [0.4, 0.5) is 4.39 Å². The number of nitrogens with one attached hydrogen (secondary N) is 3. The molecule has 1 saturated carbocycles. The third-order valence-corrected chi connectivity index (χ3v) is 4.89. The lowest BCUT2D eigenvalue weighted by Crippen LogP contribution is -2.38. The van der Waals surface area contributed by atoms with E-state index in [1.165, 1.54) is 6.07 Å². The number of benzene rings is 2. The van der Waals surface area contributed by atoms with Crippen molar-refractivity contribution in [2.24, 2.45) is 4.99 Å². The highest BCUT2D eigenvalue weighted by Crippen LogP contribution is 2.18. The first-order valence-electron chi connectivity index (χ1n) is 10.9. The molecule has 1 fully saturated rings. The van der Waals surface area contributed by atoms with Crippen molar-refractivity contribution in [1.29, 1.82) is 0 Å². The van der Waals surface area contributed by atoms with Crippen molar-refractivity contribution in [1.82, 2.24) is 16.0 Å². The molecule has 0 aromatic heterocycles. The zero-order chi connectivity index (χ0) is 21.9. The summed E-state index contributed by atoms with van der Waals surface area (Å²) >= 11 is 0. The van der Waals surface area contributed by atoms with Gasteiger partial charge in [-0.15, -0.1) is 24.0 Å². The minimum Gasteiger partial charge on any atom is -0.484 e. The first-order valence-corrected chi connectivity index (χ1v) is 10.9. The van der Waals surface area contributed by atoms with Crippen molar-refractivity contribution in [2.45, 2.75) is 38.6 Å². The maximum absolute atomic E-state index is 13.7. The summed E-state index contributed by atoms with van der Waals surface area (Å²) in [5.41, 5.74) is 1.83. The van der Waals surface area contributed by atoms with Crippen molar-refractivity contribution in [3.8, 4) is 5.75 Å². The van der Waals surface area contributed by atoms with Gasteiger partial charge in [-0.2, -0.15) is 0 Å². The third kappa shape index (κ3) is 9.42. The molecule has 1 amide bonds. The SMILES string of the molecule is CCNC(=NCCc1ccccc1F)NCCc1ccc(OCC(=O)NC2CC2)cc1.I. The molecule has 0 unspecified atom stereocenters. The molecule has 2 aromatic carbocycles. The van der Waals surface area contributed by atoms with Crippen LogP contribution >= 0.6 is 24.0 Å². The Hall–Kier alpha value is -2.36. The first-order chi connectivity index (χ1) is 15.1. The van der Waals surface area contributed by atoms with Crippen LogP contribution in [0, 0.1) is 5.82 Å². The summed E-state index contributed by atoms with van der Waals surface area (Å²) in [6, 6.07) is 14.9. The van der Waals surface area contributed by atoms with E-state index in [-0.39, 0.29) is 42.3 Å². The predicted octanol–water partition coefficient (Wildman–Crippen LogP) is 3.44. The van der Waals surface area contributed by atoms with Gasteiger partial charge in [0.25, 0.3) is 5.91 Å². The second-order valence-electron chi connectivity index (χ2n) is 7.55. The Bertz CT molecular complexity index is 873. The molecule has 0 heterocycles. The van der Waals surface area contributed by atoms with Crippen LogP contribution in [-0.2, 0) is 17.6 Å². The molecule has 3 N–H and O–H groups in total. The van der Waals surface area contributed by atoms with E-state index >= 15 is 0 Å². The monoisotopic (exact) mass is 554 g/mol. The molecule has 1 aliphatic rings. The van der Waals surface area contributed by atoms with Crippen LogP contribution in [0.25, 0.3) is 0 Å². The fourth-order valence-electron chi connectivity index (χ4n) is 3.05. The summed E-state index contributed by atoms with van der Waals surface area (Å²) in [5.74, 6) is 1.15. The van der Waals surface area contributed by atoms with Gasteiger partial charge in [0.1, 0.15) is 11.6 Å². The lowest BCUT2D eigenvalue weighted by Gasteiger charge is -2.12. The Morgan fingerprint density at radius 3 is 2.53 bits per heavy atom. The minimum absolute atomic E-state index is 0. The smallest absolute Gasteiger partial charge is 0.258 e. The number of guanidine groups is 1. The molecule has 0 bridgehead atoms. The summed E-state index contributed by atoms with van der Waals surface area (Å²) in [6.45, 7) is 4.04. The van der Waals surface area contributed by atoms with E-state index in [1.807, 2.05) is 37.3 Å². The van der Waals surface area contributed by atoms with Crippen LogP contribution in [-0.4, -0.2) is 44.1 Å². The van der Waals surface area contributed by atoms with Crippen molar-refractivity contribution >= 4 is 35.8 Å². The molecule has 0 radical (unpaired) electrons. The van der Waals surface area contributed by atoms with Crippen molar-refractivity contribution in [3.05, 3.63) is 65.5 Å². The van der Waals surface area contributed by atoms with Crippen molar-refractivity contribution < 1.29 is 13.9 Å². The van der Waals surface area contributed by atoms with E-state index in [0.717, 1.165) is 43.9 Å². The standard InChI is InChI=1S/C24H31FN4O2.HI/c1-2-26-24(28-16-14-19-5-3-4-6-22(19)25)27-15-13-18-7-11-21(12-8-18)31-17-23(30)29-20-9-10-20;/h3-8,11-12,20H,2,9-10,13-17H2,1H3,(H,29,30)(H2,26,27,28);1H. The summed E-state index contributed by atoms with van der Waals surface area (Å²) < 4.78 is 19.2. The molecule has 6 nitrogen and oxygen atoms in total. The Morgan fingerprint density at radius 2 is 1.84 bits per heavy atom. The average Bonchev–Trinajstić information content (AvgIpc) is 3.58. The molecule has 0 saturated heterocycles. The molecular formula is C24H32FIN4O2. The van der Waals surface area contributed by atoms with Gasteiger partial charge < -0.3 is 20.7 Å². The topological polar surface area (TPSA) is 74.8 Å². The molecule has 2 aromatic rings. The molecule has 32 heavy (non-hydrogen) atoms. The largest absolute Gasteiger partial charge is 0.484 e. The second kappa shape index (κ2) is 13.9. The van der Waals surface area contributed by atoms with Gasteiger partial charge in [-0.05, 0) is 61.9 Å². The van der Waals surface area contributed by atoms with Crippen LogP contribution in [0.2, 0.25) is 0 Å². The molecule has 0 spiro atoms. The zero-order valence-electron chi connectivity index (χ0n) is 18.4. The minimum atomic E-state index is -0.188. The van der Waals surface area contributed by atoms with Crippen molar-refractivity contribution in [2.75, 3.05) is 26.2 Å². The van der Waals surface area contributed by atoms with Crippen LogP contribution in [0.3, 0.4) is 0 Å². The number of carbonyl (C=O) groups excluding carboxylic acids is 1. The number of halogens is 2. The number of amides is 1. The van der Waals surface area contributed by atoms with Gasteiger partial charge in [0.05, 0.1) is 0 Å². The second-order valence-corrected chi connectivity index (χ2v) is 7.55. The number of carbonyl (C=O) groups is 1. The van der Waals surface area contributed by atoms with Gasteiger partial charge in [-0.1, -0.05) is 30.3 Å². The molecular weight excluding hydrogens is 522 g/mol. The normalized spacial score (nSPS) is 13.1. The van der Waals surface area contributed by atoms with Gasteiger partial charge in [0.2, 0.25) is 0 Å². The van der Waals surface area contributed by atoms with E-state index in [2.05, 4.69) is 20.9 Å². The summed E-state index contributed by atoms with van der Waals surface area (Å²) in [5, 5.41) is 9.42. The fraction of sp³-hybridized carbons (Fsp3) is 0.417. The third-order valence-electron chi connectivity index (χ3n) is 4.89. The van der Waals surface area contributed by atoms with Gasteiger partial charge in [-0.3, -0.25) is 9.79 Å². The number of aliphatic imine (C=N–C) groups is 1. The quantitative estimate of drug-likeness (QED) is 0.226. The Morgan fingerprint density at radius 1 is 1.09 bits per heavy atom. The molecule has 0 atom stereocenters. The summed E-state index contributed by atoms with van der Waals surface area (Å²) in [7, 11) is 0. The Balaban J connectivity index is 0.00000363. The van der Waals surface area contributed by atoms with E-state index < -0.39 is 0 Å². The number of hydrogen-bond donors (Lipinski definition) is 3. The number of ether oxygens (including phenoxy) is 1. The lowest BCUT2D eigenvalue weighted by molar-refractivity contribution is -0.123. The molecule has 1 aliphatic carbocycles. The number of rotatable bonds is 11. The number of nitrogens with zero attached hydrogens (tertiary/aromatic N) is 1. The zero-order valence-corrected chi connectivity index (χ0v) is 20.7. The maximum Gasteiger partial charge on any atom is 0.258 e. The van der Waals surface area contributed by atoms with E-state index in [9.17, 15) is 9.18 Å². The van der Waals surface area contributed by atoms with Crippen LogP contribution in [0.1, 0.15) is 30.9 Å². The van der Waals surface area contributed by atoms with Crippen molar-refractivity contribution in [3.63, 3.8) is 0 Å². The Labute approximate surface area is 206 Å². The highest BCUT2D eigenvalue weighted by Gasteiger charge is 2.23. The Kier molecular flexibility index (Phi) is 11.3. The number of hydrogen-bond acceptors (Lipinski definition) is 3. The lowest BCUT2D eigenvalue weighted by atomic mass is 10.1.